The normalized spacial score (nSPS) is 13.8. The summed E-state index contributed by atoms with van der Waals surface area (Å²) in [5.41, 5.74) is 0. The molecule has 0 radical (unpaired) electrons. The van der Waals surface area contributed by atoms with E-state index in [-0.39, 0.29) is 24.1 Å². The molecule has 11 heteroatoms. The number of nitrogens with zero attached hydrogens (tertiary/aromatic N) is 4. The first kappa shape index (κ1) is 16.9. The Morgan fingerprint density at radius 3 is 2.88 bits per heavy atom. The summed E-state index contributed by atoms with van der Waals surface area (Å²) in [5, 5.41) is 19.2. The molecule has 0 atom stereocenters. The molecule has 0 spiro atoms. The van der Waals surface area contributed by atoms with Crippen LogP contribution in [-0.2, 0) is 16.2 Å². The number of benzene rings is 1. The minimum atomic E-state index is -1.14. The maximum Gasteiger partial charge on any atom is 0.325 e. The van der Waals surface area contributed by atoms with Gasteiger partial charge in [0.15, 0.2) is 5.82 Å². The van der Waals surface area contributed by atoms with Crippen molar-refractivity contribution < 1.29 is 19.4 Å². The molecular formula is C13H10Cl2N4O4S. The Morgan fingerprint density at radius 1 is 1.38 bits per heavy atom. The van der Waals surface area contributed by atoms with Gasteiger partial charge in [0.25, 0.3) is 5.91 Å². The standard InChI is InChI=1S/C13H10Cl2N4O4S/c14-7-1-2-9(8(15)3-7)23-5-10-16-17-13-19(10)18(4-12(21)22)11(20)6-24-13/h1-3H,4-6H2,(H,21,22). The highest BCUT2D eigenvalue weighted by Gasteiger charge is 2.30. The number of halogens is 2. The zero-order valence-electron chi connectivity index (χ0n) is 12.0. The highest BCUT2D eigenvalue weighted by Crippen LogP contribution is 2.29. The van der Waals surface area contributed by atoms with E-state index < -0.39 is 12.5 Å². The zero-order valence-corrected chi connectivity index (χ0v) is 14.3. The van der Waals surface area contributed by atoms with Crippen LogP contribution in [0.2, 0.25) is 10.0 Å². The third kappa shape index (κ3) is 3.42. The van der Waals surface area contributed by atoms with Crippen molar-refractivity contribution in [2.45, 2.75) is 11.8 Å². The van der Waals surface area contributed by atoms with E-state index in [4.69, 9.17) is 33.0 Å². The Bertz CT molecular complexity index is 813. The number of aromatic nitrogens is 3. The monoisotopic (exact) mass is 388 g/mol. The number of carboxylic acid groups (broad SMARTS) is 1. The fourth-order valence-electron chi connectivity index (χ4n) is 2.05. The van der Waals surface area contributed by atoms with Crippen molar-refractivity contribution in [3.63, 3.8) is 0 Å². The van der Waals surface area contributed by atoms with Crippen molar-refractivity contribution in [2.75, 3.05) is 17.3 Å². The summed E-state index contributed by atoms with van der Waals surface area (Å²) in [4.78, 5) is 23.0. The number of thioether (sulfide) groups is 1. The smallest absolute Gasteiger partial charge is 0.325 e. The number of carboxylic acids is 1. The number of ether oxygens (including phenoxy) is 1. The Balaban J connectivity index is 1.84. The average molecular weight is 389 g/mol. The molecule has 0 fully saturated rings. The Morgan fingerprint density at radius 2 is 2.17 bits per heavy atom. The second-order valence-electron chi connectivity index (χ2n) is 4.71. The number of hydrogen-bond acceptors (Lipinski definition) is 6. The maximum absolute atomic E-state index is 12.0. The topological polar surface area (TPSA) is 97.6 Å². The minimum absolute atomic E-state index is 0.0433. The molecule has 1 aliphatic rings. The van der Waals surface area contributed by atoms with E-state index in [0.717, 1.165) is 5.01 Å². The summed E-state index contributed by atoms with van der Waals surface area (Å²) in [7, 11) is 0. The lowest BCUT2D eigenvalue weighted by atomic mass is 10.3. The van der Waals surface area contributed by atoms with Crippen molar-refractivity contribution in [3.05, 3.63) is 34.1 Å². The molecule has 1 aromatic heterocycles. The van der Waals surface area contributed by atoms with Crippen LogP contribution in [0.4, 0.5) is 0 Å². The molecule has 0 saturated carbocycles. The largest absolute Gasteiger partial charge is 0.484 e. The van der Waals surface area contributed by atoms with Gasteiger partial charge in [-0.1, -0.05) is 35.0 Å². The molecule has 8 nitrogen and oxygen atoms in total. The van der Waals surface area contributed by atoms with E-state index >= 15 is 0 Å². The van der Waals surface area contributed by atoms with E-state index in [9.17, 15) is 9.59 Å². The molecule has 2 aromatic rings. The molecular weight excluding hydrogens is 379 g/mol. The molecule has 24 heavy (non-hydrogen) atoms. The lowest BCUT2D eigenvalue weighted by Crippen LogP contribution is -2.48. The molecule has 3 rings (SSSR count). The van der Waals surface area contributed by atoms with E-state index in [1.165, 1.54) is 22.5 Å². The van der Waals surface area contributed by atoms with Gasteiger partial charge in [-0.25, -0.2) is 9.69 Å². The van der Waals surface area contributed by atoms with Gasteiger partial charge in [-0.2, -0.15) is 0 Å². The fourth-order valence-corrected chi connectivity index (χ4v) is 3.34. The minimum Gasteiger partial charge on any atom is -0.484 e. The van der Waals surface area contributed by atoms with Crippen molar-refractivity contribution in [1.29, 1.82) is 0 Å². The highest BCUT2D eigenvalue weighted by molar-refractivity contribution is 7.99. The summed E-state index contributed by atoms with van der Waals surface area (Å²) >= 11 is 13.0. The van der Waals surface area contributed by atoms with Crippen LogP contribution in [0, 0.1) is 0 Å². The van der Waals surface area contributed by atoms with Crippen LogP contribution in [0.15, 0.2) is 23.4 Å². The summed E-state index contributed by atoms with van der Waals surface area (Å²) in [5.74, 6) is -0.700. The number of carbonyl (C=O) groups excluding carboxylic acids is 1. The van der Waals surface area contributed by atoms with Gasteiger partial charge in [-0.3, -0.25) is 9.59 Å². The molecule has 0 unspecified atom stereocenters. The van der Waals surface area contributed by atoms with Gasteiger partial charge < -0.3 is 9.84 Å². The second-order valence-corrected chi connectivity index (χ2v) is 6.49. The fraction of sp³-hybridized carbons (Fsp3) is 0.231. The van der Waals surface area contributed by atoms with E-state index in [1.54, 1.807) is 12.1 Å². The Kier molecular flexibility index (Phi) is 4.83. The zero-order chi connectivity index (χ0) is 17.3. The van der Waals surface area contributed by atoms with Crippen LogP contribution < -0.4 is 9.75 Å². The quantitative estimate of drug-likeness (QED) is 0.833. The van der Waals surface area contributed by atoms with E-state index in [0.29, 0.717) is 21.0 Å². The van der Waals surface area contributed by atoms with Crippen LogP contribution in [0.25, 0.3) is 0 Å². The van der Waals surface area contributed by atoms with Crippen LogP contribution in [0.1, 0.15) is 5.82 Å². The van der Waals surface area contributed by atoms with Crippen molar-refractivity contribution in [3.8, 4) is 5.75 Å². The summed E-state index contributed by atoms with van der Waals surface area (Å²) < 4.78 is 6.94. The molecule has 0 bridgehead atoms. The SMILES string of the molecule is O=C(O)CN1C(=O)CSc2nnc(COc3ccc(Cl)cc3Cl)n21. The third-order valence-corrected chi connectivity index (χ3v) is 4.50. The summed E-state index contributed by atoms with van der Waals surface area (Å²) in [6, 6.07) is 4.76. The number of hydrogen-bond donors (Lipinski definition) is 1. The second kappa shape index (κ2) is 6.88. The van der Waals surface area contributed by atoms with Gasteiger partial charge in [0.1, 0.15) is 18.9 Å². The molecule has 1 aliphatic heterocycles. The van der Waals surface area contributed by atoms with Crippen molar-refractivity contribution >= 4 is 46.8 Å². The van der Waals surface area contributed by atoms with Crippen molar-refractivity contribution in [1.82, 2.24) is 14.9 Å². The average Bonchev–Trinajstić information content (AvgIpc) is 2.92. The number of fused-ring (bicyclic) bond motifs is 1. The molecule has 0 saturated heterocycles. The first-order valence-electron chi connectivity index (χ1n) is 6.63. The van der Waals surface area contributed by atoms with Crippen LogP contribution in [0.5, 0.6) is 5.75 Å². The van der Waals surface area contributed by atoms with Gasteiger partial charge in [0, 0.05) is 5.02 Å². The molecule has 1 amide bonds. The molecule has 126 valence electrons. The predicted molar refractivity (Wildman–Crippen MR) is 87.3 cm³/mol. The number of rotatable bonds is 5. The number of carbonyl (C=O) groups is 2. The van der Waals surface area contributed by atoms with Crippen molar-refractivity contribution in [2.24, 2.45) is 0 Å². The Labute approximate surface area is 150 Å². The maximum atomic E-state index is 12.0. The third-order valence-electron chi connectivity index (χ3n) is 3.07. The van der Waals surface area contributed by atoms with Crippen LogP contribution >= 0.6 is 35.0 Å². The summed E-state index contributed by atoms with van der Waals surface area (Å²) in [6.45, 7) is -0.530. The Hall–Kier alpha value is -1.97. The van der Waals surface area contributed by atoms with Gasteiger partial charge in [-0.05, 0) is 18.2 Å². The van der Waals surface area contributed by atoms with Gasteiger partial charge >= 0.3 is 5.97 Å². The number of aliphatic carboxylic acids is 1. The first-order valence-corrected chi connectivity index (χ1v) is 8.37. The lowest BCUT2D eigenvalue weighted by Gasteiger charge is -2.27. The molecule has 2 heterocycles. The predicted octanol–water partition coefficient (Wildman–Crippen LogP) is 1.82. The van der Waals surface area contributed by atoms with Gasteiger partial charge in [0.2, 0.25) is 5.16 Å². The molecule has 0 aliphatic carbocycles. The van der Waals surface area contributed by atoms with Gasteiger partial charge in [0.05, 0.1) is 10.8 Å². The van der Waals surface area contributed by atoms with Gasteiger partial charge in [-0.15, -0.1) is 10.2 Å². The molecule has 1 N–H and O–H groups in total. The molecule has 1 aromatic carbocycles. The highest BCUT2D eigenvalue weighted by atomic mass is 35.5. The summed E-state index contributed by atoms with van der Waals surface area (Å²) in [6.07, 6.45) is 0. The first-order chi connectivity index (χ1) is 11.5. The number of amides is 1. The van der Waals surface area contributed by atoms with Crippen LogP contribution in [0.3, 0.4) is 0 Å². The van der Waals surface area contributed by atoms with Crippen LogP contribution in [-0.4, -0.2) is 44.2 Å². The van der Waals surface area contributed by atoms with E-state index in [2.05, 4.69) is 10.2 Å². The lowest BCUT2D eigenvalue weighted by molar-refractivity contribution is -0.137. The van der Waals surface area contributed by atoms with E-state index in [1.807, 2.05) is 0 Å².